The lowest BCUT2D eigenvalue weighted by Gasteiger charge is -2.13. The van der Waals surface area contributed by atoms with Gasteiger partial charge in [0.05, 0.1) is 5.56 Å². The van der Waals surface area contributed by atoms with E-state index in [-0.39, 0.29) is 10.7 Å². The number of rotatable bonds is 4. The van der Waals surface area contributed by atoms with Crippen molar-refractivity contribution in [2.45, 2.75) is 13.0 Å². The number of pyridine rings is 1. The van der Waals surface area contributed by atoms with E-state index in [1.807, 2.05) is 0 Å². The van der Waals surface area contributed by atoms with Crippen LogP contribution in [0.25, 0.3) is 0 Å². The van der Waals surface area contributed by atoms with Gasteiger partial charge in [0.1, 0.15) is 11.0 Å². The summed E-state index contributed by atoms with van der Waals surface area (Å²) in [5, 5.41) is 2.51. The minimum absolute atomic E-state index is 0.00126. The van der Waals surface area contributed by atoms with Crippen LogP contribution in [0.1, 0.15) is 17.3 Å². The number of nitrogens with zero attached hydrogens (tertiary/aromatic N) is 1. The van der Waals surface area contributed by atoms with Crippen LogP contribution >= 0.6 is 11.6 Å². The van der Waals surface area contributed by atoms with E-state index in [1.165, 1.54) is 49.5 Å². The van der Waals surface area contributed by atoms with Gasteiger partial charge in [-0.05, 0) is 43.3 Å². The molecule has 0 saturated carbocycles. The topological polar surface area (TPSA) is 68.3 Å². The molecular formula is C15H12ClFN2O3. The van der Waals surface area contributed by atoms with Gasteiger partial charge in [0.2, 0.25) is 0 Å². The molecular weight excluding hydrogens is 311 g/mol. The number of hydrogen-bond donors (Lipinski definition) is 1. The van der Waals surface area contributed by atoms with Gasteiger partial charge in [0.25, 0.3) is 5.91 Å². The minimum atomic E-state index is -1.05. The second-order valence-electron chi connectivity index (χ2n) is 4.39. The number of carbonyl (C=O) groups is 2. The summed E-state index contributed by atoms with van der Waals surface area (Å²) < 4.78 is 17.8. The summed E-state index contributed by atoms with van der Waals surface area (Å²) >= 11 is 5.78. The van der Waals surface area contributed by atoms with Gasteiger partial charge < -0.3 is 10.1 Å². The highest BCUT2D eigenvalue weighted by molar-refractivity contribution is 6.32. The Labute approximate surface area is 131 Å². The first-order valence-corrected chi connectivity index (χ1v) is 6.73. The summed E-state index contributed by atoms with van der Waals surface area (Å²) in [5.41, 5.74) is 0.472. The zero-order valence-electron chi connectivity index (χ0n) is 11.5. The average molecular weight is 323 g/mol. The third-order valence-electron chi connectivity index (χ3n) is 2.74. The van der Waals surface area contributed by atoms with Crippen molar-refractivity contribution in [3.8, 4) is 0 Å². The fraction of sp³-hybridized carbons (Fsp3) is 0.133. The second-order valence-corrected chi connectivity index (χ2v) is 4.74. The van der Waals surface area contributed by atoms with E-state index in [1.54, 1.807) is 0 Å². The number of carbonyl (C=O) groups excluding carboxylic acids is 2. The Bertz CT molecular complexity index is 691. The van der Waals surface area contributed by atoms with Gasteiger partial charge in [-0.25, -0.2) is 14.2 Å². The molecule has 1 heterocycles. The SMILES string of the molecule is CC(OC(=O)c1cccnc1Cl)C(=O)Nc1ccc(F)cc1. The summed E-state index contributed by atoms with van der Waals surface area (Å²) in [4.78, 5) is 27.6. The molecule has 1 unspecified atom stereocenters. The smallest absolute Gasteiger partial charge is 0.342 e. The third kappa shape index (κ3) is 4.02. The first-order chi connectivity index (χ1) is 10.5. The van der Waals surface area contributed by atoms with Crippen LogP contribution in [0.3, 0.4) is 0 Å². The molecule has 7 heteroatoms. The van der Waals surface area contributed by atoms with Crippen molar-refractivity contribution in [1.29, 1.82) is 0 Å². The summed E-state index contributed by atoms with van der Waals surface area (Å²) in [5.74, 6) is -1.71. The molecule has 2 rings (SSSR count). The second kappa shape index (κ2) is 7.00. The van der Waals surface area contributed by atoms with Crippen LogP contribution in [0.2, 0.25) is 5.15 Å². The zero-order valence-corrected chi connectivity index (χ0v) is 12.3. The molecule has 1 aromatic heterocycles. The fourth-order valence-corrected chi connectivity index (χ4v) is 1.79. The van der Waals surface area contributed by atoms with E-state index >= 15 is 0 Å². The zero-order chi connectivity index (χ0) is 16.1. The Balaban J connectivity index is 1.98. The maximum absolute atomic E-state index is 12.8. The molecule has 0 fully saturated rings. The number of esters is 1. The van der Waals surface area contributed by atoms with E-state index in [2.05, 4.69) is 10.3 Å². The molecule has 1 aromatic carbocycles. The Morgan fingerprint density at radius 3 is 2.59 bits per heavy atom. The van der Waals surface area contributed by atoms with Crippen LogP contribution in [0, 0.1) is 5.82 Å². The highest BCUT2D eigenvalue weighted by Gasteiger charge is 2.20. The quantitative estimate of drug-likeness (QED) is 0.694. The number of ether oxygens (including phenoxy) is 1. The average Bonchev–Trinajstić information content (AvgIpc) is 2.49. The van der Waals surface area contributed by atoms with E-state index in [0.717, 1.165) is 0 Å². The van der Waals surface area contributed by atoms with Crippen LogP contribution in [0.15, 0.2) is 42.6 Å². The molecule has 0 aliphatic heterocycles. The number of hydrogen-bond acceptors (Lipinski definition) is 4. The molecule has 0 saturated heterocycles. The summed E-state index contributed by atoms with van der Waals surface area (Å²) in [6.07, 6.45) is 0.387. The summed E-state index contributed by atoms with van der Waals surface area (Å²) in [7, 11) is 0. The molecule has 0 radical (unpaired) electrons. The molecule has 2 aromatic rings. The monoisotopic (exact) mass is 322 g/mol. The van der Waals surface area contributed by atoms with Crippen LogP contribution < -0.4 is 5.32 Å². The molecule has 0 spiro atoms. The predicted molar refractivity (Wildman–Crippen MR) is 79.2 cm³/mol. The minimum Gasteiger partial charge on any atom is -0.449 e. The van der Waals surface area contributed by atoms with Gasteiger partial charge in [-0.1, -0.05) is 11.6 Å². The lowest BCUT2D eigenvalue weighted by atomic mass is 10.2. The normalized spacial score (nSPS) is 11.6. The Morgan fingerprint density at radius 2 is 1.95 bits per heavy atom. The Kier molecular flexibility index (Phi) is 5.06. The van der Waals surface area contributed by atoms with E-state index in [9.17, 15) is 14.0 Å². The van der Waals surface area contributed by atoms with Crippen molar-refractivity contribution in [3.05, 3.63) is 59.1 Å². The first-order valence-electron chi connectivity index (χ1n) is 6.35. The van der Waals surface area contributed by atoms with Gasteiger partial charge in [0.15, 0.2) is 6.10 Å². The number of amides is 1. The fourth-order valence-electron chi connectivity index (χ4n) is 1.59. The molecule has 0 aliphatic carbocycles. The number of halogens is 2. The molecule has 5 nitrogen and oxygen atoms in total. The van der Waals surface area contributed by atoms with Crippen molar-refractivity contribution in [2.24, 2.45) is 0 Å². The maximum atomic E-state index is 12.8. The standard InChI is InChI=1S/C15H12ClFN2O3/c1-9(14(20)19-11-6-4-10(17)5-7-11)22-15(21)12-3-2-8-18-13(12)16/h2-9H,1H3,(H,19,20). The van der Waals surface area contributed by atoms with Crippen LogP contribution in [-0.4, -0.2) is 23.0 Å². The molecule has 0 bridgehead atoms. The first kappa shape index (κ1) is 15.9. The predicted octanol–water partition coefficient (Wildman–Crippen LogP) is 3.06. The summed E-state index contributed by atoms with van der Waals surface area (Å²) in [6, 6.07) is 8.21. The van der Waals surface area contributed by atoms with E-state index in [0.29, 0.717) is 5.69 Å². The molecule has 1 N–H and O–H groups in total. The molecule has 1 amide bonds. The lowest BCUT2D eigenvalue weighted by molar-refractivity contribution is -0.123. The van der Waals surface area contributed by atoms with Crippen LogP contribution in [-0.2, 0) is 9.53 Å². The largest absolute Gasteiger partial charge is 0.449 e. The number of anilines is 1. The highest BCUT2D eigenvalue weighted by Crippen LogP contribution is 2.14. The van der Waals surface area contributed by atoms with Crippen molar-refractivity contribution in [2.75, 3.05) is 5.32 Å². The van der Waals surface area contributed by atoms with E-state index < -0.39 is 23.8 Å². The van der Waals surface area contributed by atoms with Crippen molar-refractivity contribution >= 4 is 29.2 Å². The van der Waals surface area contributed by atoms with Crippen LogP contribution in [0.4, 0.5) is 10.1 Å². The molecule has 1 atom stereocenters. The summed E-state index contributed by atoms with van der Waals surface area (Å²) in [6.45, 7) is 1.42. The van der Waals surface area contributed by atoms with Gasteiger partial charge in [-0.15, -0.1) is 0 Å². The van der Waals surface area contributed by atoms with Gasteiger partial charge >= 0.3 is 5.97 Å². The van der Waals surface area contributed by atoms with Gasteiger partial charge in [-0.3, -0.25) is 4.79 Å². The van der Waals surface area contributed by atoms with Crippen molar-refractivity contribution in [1.82, 2.24) is 4.98 Å². The lowest BCUT2D eigenvalue weighted by Crippen LogP contribution is -2.30. The van der Waals surface area contributed by atoms with Crippen molar-refractivity contribution in [3.63, 3.8) is 0 Å². The molecule has 114 valence electrons. The van der Waals surface area contributed by atoms with Gasteiger partial charge in [-0.2, -0.15) is 0 Å². The highest BCUT2D eigenvalue weighted by atomic mass is 35.5. The van der Waals surface area contributed by atoms with Crippen molar-refractivity contribution < 1.29 is 18.7 Å². The Morgan fingerprint density at radius 1 is 1.27 bits per heavy atom. The molecule has 22 heavy (non-hydrogen) atoms. The number of benzene rings is 1. The van der Waals surface area contributed by atoms with Crippen LogP contribution in [0.5, 0.6) is 0 Å². The third-order valence-corrected chi connectivity index (χ3v) is 3.04. The Hall–Kier alpha value is -2.47. The van der Waals surface area contributed by atoms with E-state index in [4.69, 9.17) is 16.3 Å². The van der Waals surface area contributed by atoms with Gasteiger partial charge in [0, 0.05) is 11.9 Å². The molecule has 0 aliphatic rings. The maximum Gasteiger partial charge on any atom is 0.342 e. The number of nitrogens with one attached hydrogen (secondary N) is 1. The number of aromatic nitrogens is 1.